The van der Waals surface area contributed by atoms with Gasteiger partial charge in [-0.1, -0.05) is 6.92 Å². The quantitative estimate of drug-likeness (QED) is 0.768. The molecular weight excluding hydrogens is 205 g/mol. The van der Waals surface area contributed by atoms with Crippen LogP contribution in [-0.2, 0) is 0 Å². The molecule has 0 bridgehead atoms. The number of hydrogen-bond donors (Lipinski definition) is 0. The molecule has 1 aromatic rings. The highest BCUT2D eigenvalue weighted by atomic mass is 19.1. The Kier molecular flexibility index (Phi) is 4.47. The second-order valence-electron chi connectivity index (χ2n) is 4.10. The Balaban J connectivity index is 2.86. The zero-order valence-electron chi connectivity index (χ0n) is 10.0. The van der Waals surface area contributed by atoms with Gasteiger partial charge in [-0.2, -0.15) is 0 Å². The number of nitrogens with zero attached hydrogens (tertiary/aromatic N) is 1. The summed E-state index contributed by atoms with van der Waals surface area (Å²) in [5.74, 6) is -0.347. The number of halogens is 1. The van der Waals surface area contributed by atoms with Gasteiger partial charge in [0.25, 0.3) is 5.91 Å². The summed E-state index contributed by atoms with van der Waals surface area (Å²) in [7, 11) is 0. The normalized spacial score (nSPS) is 10.6. The van der Waals surface area contributed by atoms with Crippen molar-refractivity contribution in [1.29, 1.82) is 0 Å². The van der Waals surface area contributed by atoms with Crippen molar-refractivity contribution in [2.45, 2.75) is 33.2 Å². The number of carbonyl (C=O) groups excluding carboxylic acids is 1. The van der Waals surface area contributed by atoms with Crippen LogP contribution in [-0.4, -0.2) is 23.4 Å². The molecular formula is C13H18FNO. The maximum Gasteiger partial charge on any atom is 0.254 e. The van der Waals surface area contributed by atoms with Crippen LogP contribution < -0.4 is 0 Å². The maximum atomic E-state index is 12.7. The lowest BCUT2D eigenvalue weighted by Crippen LogP contribution is -2.37. The summed E-state index contributed by atoms with van der Waals surface area (Å²) in [5, 5.41) is 0. The van der Waals surface area contributed by atoms with Gasteiger partial charge in [-0.15, -0.1) is 0 Å². The number of rotatable bonds is 4. The second-order valence-corrected chi connectivity index (χ2v) is 4.10. The highest BCUT2D eigenvalue weighted by Gasteiger charge is 2.17. The summed E-state index contributed by atoms with van der Waals surface area (Å²) in [6.45, 7) is 6.73. The Labute approximate surface area is 96.1 Å². The zero-order chi connectivity index (χ0) is 12.1. The molecule has 88 valence electrons. The first kappa shape index (κ1) is 12.7. The fourth-order valence-corrected chi connectivity index (χ4v) is 1.59. The number of amides is 1. The van der Waals surface area contributed by atoms with E-state index in [1.807, 2.05) is 20.8 Å². The van der Waals surface area contributed by atoms with Gasteiger partial charge in [0.2, 0.25) is 0 Å². The smallest absolute Gasteiger partial charge is 0.254 e. The lowest BCUT2D eigenvalue weighted by molar-refractivity contribution is 0.0706. The van der Waals surface area contributed by atoms with Crippen molar-refractivity contribution in [1.82, 2.24) is 4.90 Å². The van der Waals surface area contributed by atoms with Gasteiger partial charge in [0.1, 0.15) is 5.82 Å². The van der Waals surface area contributed by atoms with Crippen molar-refractivity contribution in [2.24, 2.45) is 0 Å². The largest absolute Gasteiger partial charge is 0.336 e. The van der Waals surface area contributed by atoms with Crippen molar-refractivity contribution < 1.29 is 9.18 Å². The fraction of sp³-hybridized carbons (Fsp3) is 0.462. The third-order valence-electron chi connectivity index (χ3n) is 2.44. The summed E-state index contributed by atoms with van der Waals surface area (Å²) in [4.78, 5) is 13.9. The Morgan fingerprint density at radius 1 is 1.31 bits per heavy atom. The lowest BCUT2D eigenvalue weighted by Gasteiger charge is -2.26. The predicted octanol–water partition coefficient (Wildman–Crippen LogP) is 3.09. The molecule has 0 aliphatic carbocycles. The molecule has 1 rings (SSSR count). The van der Waals surface area contributed by atoms with Crippen LogP contribution in [0.3, 0.4) is 0 Å². The van der Waals surface area contributed by atoms with Gasteiger partial charge in [-0.3, -0.25) is 4.79 Å². The number of benzene rings is 1. The minimum Gasteiger partial charge on any atom is -0.336 e. The minimum atomic E-state index is -0.317. The highest BCUT2D eigenvalue weighted by molar-refractivity contribution is 5.94. The SMILES string of the molecule is CCCN(C(=O)c1ccc(F)cc1)C(C)C. The first-order valence-corrected chi connectivity index (χ1v) is 5.62. The maximum absolute atomic E-state index is 12.7. The molecule has 0 unspecified atom stereocenters. The summed E-state index contributed by atoms with van der Waals surface area (Å²) in [6.07, 6.45) is 0.922. The van der Waals surface area contributed by atoms with E-state index >= 15 is 0 Å². The molecule has 0 saturated heterocycles. The van der Waals surface area contributed by atoms with Crippen LogP contribution in [0.25, 0.3) is 0 Å². The Morgan fingerprint density at radius 2 is 1.88 bits per heavy atom. The minimum absolute atomic E-state index is 0.0307. The summed E-state index contributed by atoms with van der Waals surface area (Å²) >= 11 is 0. The van der Waals surface area contributed by atoms with Crippen LogP contribution in [0.2, 0.25) is 0 Å². The van der Waals surface area contributed by atoms with Crippen LogP contribution in [0, 0.1) is 5.82 Å². The topological polar surface area (TPSA) is 20.3 Å². The average molecular weight is 223 g/mol. The molecule has 0 aliphatic heterocycles. The Bertz CT molecular complexity index is 345. The molecule has 0 spiro atoms. The second kappa shape index (κ2) is 5.64. The van der Waals surface area contributed by atoms with Gasteiger partial charge in [0.15, 0.2) is 0 Å². The van der Waals surface area contributed by atoms with E-state index < -0.39 is 0 Å². The molecule has 0 heterocycles. The van der Waals surface area contributed by atoms with Gasteiger partial charge in [0.05, 0.1) is 0 Å². The summed E-state index contributed by atoms with van der Waals surface area (Å²) in [5.41, 5.74) is 0.545. The summed E-state index contributed by atoms with van der Waals surface area (Å²) in [6, 6.07) is 5.86. The van der Waals surface area contributed by atoms with Crippen molar-refractivity contribution in [2.75, 3.05) is 6.54 Å². The van der Waals surface area contributed by atoms with Crippen LogP contribution >= 0.6 is 0 Å². The van der Waals surface area contributed by atoms with E-state index in [0.29, 0.717) is 5.56 Å². The third-order valence-corrected chi connectivity index (χ3v) is 2.44. The number of hydrogen-bond acceptors (Lipinski definition) is 1. The Hall–Kier alpha value is -1.38. The fourth-order valence-electron chi connectivity index (χ4n) is 1.59. The van der Waals surface area contributed by atoms with E-state index in [-0.39, 0.29) is 17.8 Å². The molecule has 2 nitrogen and oxygen atoms in total. The van der Waals surface area contributed by atoms with Crippen molar-refractivity contribution in [3.63, 3.8) is 0 Å². The van der Waals surface area contributed by atoms with Crippen LogP contribution in [0.1, 0.15) is 37.6 Å². The lowest BCUT2D eigenvalue weighted by atomic mass is 10.1. The van der Waals surface area contributed by atoms with E-state index in [9.17, 15) is 9.18 Å². The van der Waals surface area contributed by atoms with Crippen LogP contribution in [0.5, 0.6) is 0 Å². The Morgan fingerprint density at radius 3 is 2.31 bits per heavy atom. The zero-order valence-corrected chi connectivity index (χ0v) is 10.0. The molecule has 0 aromatic heterocycles. The predicted molar refractivity (Wildman–Crippen MR) is 62.9 cm³/mol. The molecule has 0 aliphatic rings. The molecule has 0 radical (unpaired) electrons. The summed E-state index contributed by atoms with van der Waals surface area (Å²) < 4.78 is 12.7. The van der Waals surface area contributed by atoms with Crippen molar-refractivity contribution in [3.05, 3.63) is 35.6 Å². The third kappa shape index (κ3) is 3.05. The molecule has 0 atom stereocenters. The number of carbonyl (C=O) groups is 1. The van der Waals surface area contributed by atoms with E-state index in [2.05, 4.69) is 0 Å². The van der Waals surface area contributed by atoms with Crippen LogP contribution in [0.15, 0.2) is 24.3 Å². The van der Waals surface area contributed by atoms with E-state index in [1.54, 1.807) is 4.90 Å². The highest BCUT2D eigenvalue weighted by Crippen LogP contribution is 2.10. The van der Waals surface area contributed by atoms with Gasteiger partial charge >= 0.3 is 0 Å². The molecule has 1 aromatic carbocycles. The molecule has 0 saturated carbocycles. The average Bonchev–Trinajstić information content (AvgIpc) is 2.25. The van der Waals surface area contributed by atoms with Gasteiger partial charge in [-0.05, 0) is 44.5 Å². The van der Waals surface area contributed by atoms with E-state index in [0.717, 1.165) is 13.0 Å². The van der Waals surface area contributed by atoms with Crippen molar-refractivity contribution >= 4 is 5.91 Å². The molecule has 16 heavy (non-hydrogen) atoms. The molecule has 0 fully saturated rings. The molecule has 0 N–H and O–H groups in total. The first-order valence-electron chi connectivity index (χ1n) is 5.62. The van der Waals surface area contributed by atoms with Crippen molar-refractivity contribution in [3.8, 4) is 0 Å². The van der Waals surface area contributed by atoms with E-state index in [1.165, 1.54) is 24.3 Å². The molecule has 1 amide bonds. The monoisotopic (exact) mass is 223 g/mol. The first-order chi connectivity index (χ1) is 7.56. The standard InChI is InChI=1S/C13H18FNO/c1-4-9-15(10(2)3)13(16)11-5-7-12(14)8-6-11/h5-8,10H,4,9H2,1-3H3. The van der Waals surface area contributed by atoms with Crippen LogP contribution in [0.4, 0.5) is 4.39 Å². The van der Waals surface area contributed by atoms with Gasteiger partial charge in [0, 0.05) is 18.2 Å². The molecule has 3 heteroatoms. The van der Waals surface area contributed by atoms with Gasteiger partial charge in [-0.25, -0.2) is 4.39 Å². The van der Waals surface area contributed by atoms with Gasteiger partial charge < -0.3 is 4.90 Å². The van der Waals surface area contributed by atoms with E-state index in [4.69, 9.17) is 0 Å².